The maximum absolute atomic E-state index is 13.6. The molecule has 0 aliphatic heterocycles. The summed E-state index contributed by atoms with van der Waals surface area (Å²) in [6.07, 6.45) is 0. The first-order chi connectivity index (χ1) is 8.50. The van der Waals surface area contributed by atoms with Crippen LogP contribution in [0.15, 0.2) is 36.4 Å². The van der Waals surface area contributed by atoms with Crippen LogP contribution in [0.25, 0.3) is 0 Å². The minimum Gasteiger partial charge on any atom is -0.204 e. The summed E-state index contributed by atoms with van der Waals surface area (Å²) >= 11 is 0. The van der Waals surface area contributed by atoms with E-state index in [1.54, 1.807) is 6.92 Å². The van der Waals surface area contributed by atoms with Crippen molar-refractivity contribution in [1.29, 1.82) is 0 Å². The van der Waals surface area contributed by atoms with E-state index in [2.05, 4.69) is 0 Å². The van der Waals surface area contributed by atoms with Gasteiger partial charge in [-0.1, -0.05) is 25.1 Å². The molecule has 0 saturated heterocycles. The fourth-order valence-corrected chi connectivity index (χ4v) is 1.82. The summed E-state index contributed by atoms with van der Waals surface area (Å²) in [5.74, 6) is -4.45. The third-order valence-electron chi connectivity index (χ3n) is 2.89. The van der Waals surface area contributed by atoms with E-state index in [1.807, 2.05) is 0 Å². The Morgan fingerprint density at radius 3 is 2.22 bits per heavy atom. The summed E-state index contributed by atoms with van der Waals surface area (Å²) in [6.45, 7) is 1.60. The lowest BCUT2D eigenvalue weighted by atomic mass is 9.92. The molecule has 94 valence electrons. The van der Waals surface area contributed by atoms with Crippen LogP contribution < -0.4 is 0 Å². The molecular formula is C14H10F4. The van der Waals surface area contributed by atoms with Crippen LogP contribution in [0.5, 0.6) is 0 Å². The summed E-state index contributed by atoms with van der Waals surface area (Å²) in [5, 5.41) is 0. The molecule has 2 aromatic rings. The molecule has 18 heavy (non-hydrogen) atoms. The molecular weight excluding hydrogens is 244 g/mol. The van der Waals surface area contributed by atoms with E-state index in [1.165, 1.54) is 18.2 Å². The van der Waals surface area contributed by atoms with E-state index in [9.17, 15) is 17.6 Å². The van der Waals surface area contributed by atoms with Crippen molar-refractivity contribution < 1.29 is 17.6 Å². The molecule has 0 heterocycles. The summed E-state index contributed by atoms with van der Waals surface area (Å²) in [5.41, 5.74) is 0.499. The fourth-order valence-electron chi connectivity index (χ4n) is 1.82. The standard InChI is InChI=1S/C14H10F4/c1-8(9-5-6-11(15)13(17)7-9)10-3-2-4-12(16)14(10)18/h2-8H,1H3. The predicted octanol–water partition coefficient (Wildman–Crippen LogP) is 4.39. The minimum absolute atomic E-state index is 0.112. The fraction of sp³-hybridized carbons (Fsp3) is 0.143. The molecule has 0 aliphatic carbocycles. The zero-order valence-electron chi connectivity index (χ0n) is 9.55. The van der Waals surface area contributed by atoms with Gasteiger partial charge in [0.05, 0.1) is 0 Å². The zero-order chi connectivity index (χ0) is 13.3. The van der Waals surface area contributed by atoms with E-state index in [-0.39, 0.29) is 5.56 Å². The van der Waals surface area contributed by atoms with E-state index < -0.39 is 29.2 Å². The van der Waals surface area contributed by atoms with Crippen molar-refractivity contribution in [2.24, 2.45) is 0 Å². The van der Waals surface area contributed by atoms with Crippen molar-refractivity contribution in [1.82, 2.24) is 0 Å². The Balaban J connectivity index is 2.44. The lowest BCUT2D eigenvalue weighted by Gasteiger charge is -2.13. The highest BCUT2D eigenvalue weighted by molar-refractivity contribution is 5.33. The van der Waals surface area contributed by atoms with Crippen LogP contribution in [0.2, 0.25) is 0 Å². The maximum Gasteiger partial charge on any atom is 0.162 e. The second-order valence-corrected chi connectivity index (χ2v) is 4.04. The predicted molar refractivity (Wildman–Crippen MR) is 60.2 cm³/mol. The minimum atomic E-state index is -1.00. The molecule has 0 nitrogen and oxygen atoms in total. The largest absolute Gasteiger partial charge is 0.204 e. The molecule has 0 radical (unpaired) electrons. The number of rotatable bonds is 2. The molecule has 1 unspecified atom stereocenters. The van der Waals surface area contributed by atoms with Gasteiger partial charge in [-0.3, -0.25) is 0 Å². The molecule has 0 aliphatic rings. The molecule has 2 rings (SSSR count). The van der Waals surface area contributed by atoms with Gasteiger partial charge in [0.1, 0.15) is 0 Å². The SMILES string of the molecule is CC(c1ccc(F)c(F)c1)c1cccc(F)c1F. The molecule has 0 bridgehead atoms. The Morgan fingerprint density at radius 2 is 1.56 bits per heavy atom. The van der Waals surface area contributed by atoms with Crippen molar-refractivity contribution >= 4 is 0 Å². The summed E-state index contributed by atoms with van der Waals surface area (Å²) < 4.78 is 52.6. The number of benzene rings is 2. The summed E-state index contributed by atoms with van der Waals surface area (Å²) in [7, 11) is 0. The highest BCUT2D eigenvalue weighted by Gasteiger charge is 2.17. The molecule has 2 aromatic carbocycles. The highest BCUT2D eigenvalue weighted by Crippen LogP contribution is 2.28. The van der Waals surface area contributed by atoms with Gasteiger partial charge >= 0.3 is 0 Å². The van der Waals surface area contributed by atoms with Gasteiger partial charge in [-0.2, -0.15) is 0 Å². The van der Waals surface area contributed by atoms with E-state index in [4.69, 9.17) is 0 Å². The van der Waals surface area contributed by atoms with Gasteiger partial charge in [0, 0.05) is 5.92 Å². The van der Waals surface area contributed by atoms with Crippen LogP contribution in [0.4, 0.5) is 17.6 Å². The molecule has 4 heteroatoms. The van der Waals surface area contributed by atoms with E-state index in [0.717, 1.165) is 18.2 Å². The average molecular weight is 254 g/mol. The summed E-state index contributed by atoms with van der Waals surface area (Å²) in [6, 6.07) is 7.13. The summed E-state index contributed by atoms with van der Waals surface area (Å²) in [4.78, 5) is 0. The number of hydrogen-bond acceptors (Lipinski definition) is 0. The van der Waals surface area contributed by atoms with Crippen LogP contribution in [0.3, 0.4) is 0 Å². The van der Waals surface area contributed by atoms with E-state index in [0.29, 0.717) is 5.56 Å². The second-order valence-electron chi connectivity index (χ2n) is 4.04. The maximum atomic E-state index is 13.6. The zero-order valence-corrected chi connectivity index (χ0v) is 9.55. The van der Waals surface area contributed by atoms with Gasteiger partial charge in [-0.15, -0.1) is 0 Å². The smallest absolute Gasteiger partial charge is 0.162 e. The lowest BCUT2D eigenvalue weighted by molar-refractivity contribution is 0.493. The first kappa shape index (κ1) is 12.6. The van der Waals surface area contributed by atoms with Crippen LogP contribution in [0, 0.1) is 23.3 Å². The molecule has 1 atom stereocenters. The molecule has 0 N–H and O–H groups in total. The Kier molecular flexibility index (Phi) is 3.36. The van der Waals surface area contributed by atoms with Gasteiger partial charge in [-0.05, 0) is 29.3 Å². The number of halogens is 4. The molecule has 0 amide bonds. The van der Waals surface area contributed by atoms with Crippen LogP contribution in [-0.2, 0) is 0 Å². The number of hydrogen-bond donors (Lipinski definition) is 0. The average Bonchev–Trinajstić information content (AvgIpc) is 2.35. The second kappa shape index (κ2) is 4.80. The van der Waals surface area contributed by atoms with Gasteiger partial charge in [0.25, 0.3) is 0 Å². The molecule has 0 spiro atoms. The highest BCUT2D eigenvalue weighted by atomic mass is 19.2. The first-order valence-electron chi connectivity index (χ1n) is 5.39. The van der Waals surface area contributed by atoms with Crippen molar-refractivity contribution in [2.75, 3.05) is 0 Å². The lowest BCUT2D eigenvalue weighted by Crippen LogP contribution is -2.02. The van der Waals surface area contributed by atoms with Gasteiger partial charge in [0.15, 0.2) is 23.3 Å². The molecule has 0 fully saturated rings. The van der Waals surface area contributed by atoms with Gasteiger partial charge in [-0.25, -0.2) is 17.6 Å². The van der Waals surface area contributed by atoms with Crippen molar-refractivity contribution in [3.8, 4) is 0 Å². The van der Waals surface area contributed by atoms with Crippen LogP contribution in [0.1, 0.15) is 24.0 Å². The molecule has 0 aromatic heterocycles. The van der Waals surface area contributed by atoms with Crippen molar-refractivity contribution in [3.05, 3.63) is 70.8 Å². The first-order valence-corrected chi connectivity index (χ1v) is 5.39. The topological polar surface area (TPSA) is 0 Å². The Hall–Kier alpha value is -1.84. The monoisotopic (exact) mass is 254 g/mol. The quantitative estimate of drug-likeness (QED) is 0.697. The van der Waals surface area contributed by atoms with Crippen LogP contribution in [-0.4, -0.2) is 0 Å². The van der Waals surface area contributed by atoms with Crippen molar-refractivity contribution in [3.63, 3.8) is 0 Å². The van der Waals surface area contributed by atoms with Gasteiger partial charge < -0.3 is 0 Å². The Morgan fingerprint density at radius 1 is 0.833 bits per heavy atom. The normalized spacial score (nSPS) is 12.5. The third-order valence-corrected chi connectivity index (χ3v) is 2.89. The Bertz CT molecular complexity index is 578. The van der Waals surface area contributed by atoms with Gasteiger partial charge in [0.2, 0.25) is 0 Å². The van der Waals surface area contributed by atoms with Crippen molar-refractivity contribution in [2.45, 2.75) is 12.8 Å². The Labute approximate surface area is 102 Å². The third kappa shape index (κ3) is 2.23. The van der Waals surface area contributed by atoms with E-state index >= 15 is 0 Å². The molecule has 0 saturated carbocycles. The van der Waals surface area contributed by atoms with Crippen LogP contribution >= 0.6 is 0 Å².